The molecule has 0 unspecified atom stereocenters. The lowest BCUT2D eigenvalue weighted by Gasteiger charge is -2.36. The van der Waals surface area contributed by atoms with E-state index >= 15 is 0 Å². The number of urea groups is 1. The van der Waals surface area contributed by atoms with Crippen molar-refractivity contribution in [1.82, 2.24) is 4.90 Å². The highest BCUT2D eigenvalue weighted by Crippen LogP contribution is 2.29. The lowest BCUT2D eigenvalue weighted by Crippen LogP contribution is -2.50. The summed E-state index contributed by atoms with van der Waals surface area (Å²) in [7, 11) is 1.68. The third-order valence-corrected chi connectivity index (χ3v) is 4.95. The molecule has 0 bridgehead atoms. The fourth-order valence-corrected chi connectivity index (χ4v) is 3.67. The van der Waals surface area contributed by atoms with Gasteiger partial charge < -0.3 is 19.9 Å². The molecular formula is C20H24ClN3O2. The molecule has 6 heteroatoms. The number of rotatable bonds is 3. The van der Waals surface area contributed by atoms with Crippen molar-refractivity contribution in [2.75, 3.05) is 43.5 Å². The molecule has 5 nitrogen and oxygen atoms in total. The highest BCUT2D eigenvalue weighted by Gasteiger charge is 2.23. The first-order valence-electron chi connectivity index (χ1n) is 8.70. The molecule has 0 aliphatic carbocycles. The van der Waals surface area contributed by atoms with Crippen molar-refractivity contribution in [3.8, 4) is 5.75 Å². The van der Waals surface area contributed by atoms with Crippen molar-refractivity contribution in [2.45, 2.75) is 13.8 Å². The Hall–Kier alpha value is -2.40. The Morgan fingerprint density at radius 1 is 1.12 bits per heavy atom. The molecule has 0 radical (unpaired) electrons. The third kappa shape index (κ3) is 3.88. The van der Waals surface area contributed by atoms with Crippen LogP contribution < -0.4 is 15.0 Å². The van der Waals surface area contributed by atoms with Gasteiger partial charge in [0.05, 0.1) is 23.5 Å². The maximum atomic E-state index is 12.6. The van der Waals surface area contributed by atoms with Crippen LogP contribution in [-0.2, 0) is 0 Å². The van der Waals surface area contributed by atoms with Gasteiger partial charge in [-0.2, -0.15) is 0 Å². The minimum atomic E-state index is -0.112. The predicted molar refractivity (Wildman–Crippen MR) is 107 cm³/mol. The van der Waals surface area contributed by atoms with Gasteiger partial charge in [0.1, 0.15) is 5.75 Å². The van der Waals surface area contributed by atoms with Crippen LogP contribution >= 0.6 is 11.6 Å². The van der Waals surface area contributed by atoms with Crippen molar-refractivity contribution in [3.05, 3.63) is 52.5 Å². The number of methoxy groups -OCH3 is 1. The summed E-state index contributed by atoms with van der Waals surface area (Å²) in [5.74, 6) is 0.854. The number of hydrogen-bond acceptors (Lipinski definition) is 3. The van der Waals surface area contributed by atoms with E-state index in [1.807, 2.05) is 55.1 Å². The van der Waals surface area contributed by atoms with Crippen LogP contribution in [0.3, 0.4) is 0 Å². The second-order valence-corrected chi connectivity index (χ2v) is 6.92. The molecule has 26 heavy (non-hydrogen) atoms. The summed E-state index contributed by atoms with van der Waals surface area (Å²) in [6, 6.07) is 11.7. The topological polar surface area (TPSA) is 44.8 Å². The van der Waals surface area contributed by atoms with E-state index in [9.17, 15) is 4.79 Å². The normalized spacial score (nSPS) is 14.3. The first kappa shape index (κ1) is 18.4. The second-order valence-electron chi connectivity index (χ2n) is 6.51. The number of ether oxygens (including phenoxy) is 1. The molecule has 1 aliphatic heterocycles. The zero-order chi connectivity index (χ0) is 18.7. The van der Waals surface area contributed by atoms with Gasteiger partial charge in [-0.3, -0.25) is 0 Å². The summed E-state index contributed by atoms with van der Waals surface area (Å²) in [6.45, 7) is 6.75. The summed E-state index contributed by atoms with van der Waals surface area (Å²) < 4.78 is 5.44. The molecule has 1 N–H and O–H groups in total. The molecule has 1 aliphatic rings. The maximum Gasteiger partial charge on any atom is 0.322 e. The number of aryl methyl sites for hydroxylation is 2. The van der Waals surface area contributed by atoms with Gasteiger partial charge in [-0.05, 0) is 43.2 Å². The smallest absolute Gasteiger partial charge is 0.322 e. The fraction of sp³-hybridized carbons (Fsp3) is 0.350. The molecule has 1 fully saturated rings. The minimum absolute atomic E-state index is 0.112. The number of carbonyl (C=O) groups is 1. The highest BCUT2D eigenvalue weighted by atomic mass is 35.5. The largest absolute Gasteiger partial charge is 0.495 e. The zero-order valence-electron chi connectivity index (χ0n) is 15.4. The van der Waals surface area contributed by atoms with Crippen molar-refractivity contribution in [1.29, 1.82) is 0 Å². The predicted octanol–water partition coefficient (Wildman–Crippen LogP) is 4.32. The standard InChI is InChI=1S/C20H24ClN3O2/c1-14-12-15(2)19(16(21)13-14)22-20(25)24-10-8-23(9-11-24)17-6-4-5-7-18(17)26-3/h4-7,12-13H,8-11H2,1-3H3,(H,22,25). The quantitative estimate of drug-likeness (QED) is 0.871. The minimum Gasteiger partial charge on any atom is -0.495 e. The number of amides is 2. The SMILES string of the molecule is COc1ccccc1N1CCN(C(=O)Nc2c(C)cc(C)cc2Cl)CC1. The van der Waals surface area contributed by atoms with Crippen LogP contribution in [-0.4, -0.2) is 44.2 Å². The monoisotopic (exact) mass is 373 g/mol. The Bertz CT molecular complexity index is 778. The van der Waals surface area contributed by atoms with Crippen molar-refractivity contribution in [2.24, 2.45) is 0 Å². The molecular weight excluding hydrogens is 350 g/mol. The van der Waals surface area contributed by atoms with E-state index in [0.29, 0.717) is 23.8 Å². The zero-order valence-corrected chi connectivity index (χ0v) is 16.1. The van der Waals surface area contributed by atoms with Gasteiger partial charge in [0.15, 0.2) is 0 Å². The van der Waals surface area contributed by atoms with E-state index in [0.717, 1.165) is 35.7 Å². The van der Waals surface area contributed by atoms with Crippen LogP contribution in [0.15, 0.2) is 36.4 Å². The highest BCUT2D eigenvalue weighted by molar-refractivity contribution is 6.34. The maximum absolute atomic E-state index is 12.6. The van der Waals surface area contributed by atoms with E-state index in [2.05, 4.69) is 10.2 Å². The van der Waals surface area contributed by atoms with E-state index in [-0.39, 0.29) is 6.03 Å². The molecule has 1 heterocycles. The van der Waals surface area contributed by atoms with Crippen LogP contribution in [0, 0.1) is 13.8 Å². The summed E-state index contributed by atoms with van der Waals surface area (Å²) in [5, 5.41) is 3.54. The Labute approximate surface area is 159 Å². The molecule has 0 aromatic heterocycles. The summed E-state index contributed by atoms with van der Waals surface area (Å²) in [4.78, 5) is 16.7. The Balaban J connectivity index is 1.64. The molecule has 0 atom stereocenters. The number of nitrogens with one attached hydrogen (secondary N) is 1. The summed E-state index contributed by atoms with van der Waals surface area (Å²) in [6.07, 6.45) is 0. The average molecular weight is 374 g/mol. The Kier molecular flexibility index (Phi) is 5.57. The van der Waals surface area contributed by atoms with Gasteiger partial charge in [0, 0.05) is 26.2 Å². The van der Waals surface area contributed by atoms with Crippen molar-refractivity contribution >= 4 is 29.0 Å². The number of carbonyl (C=O) groups excluding carboxylic acids is 1. The lowest BCUT2D eigenvalue weighted by atomic mass is 10.1. The number of hydrogen-bond donors (Lipinski definition) is 1. The van der Waals surface area contributed by atoms with Crippen LogP contribution in [0.4, 0.5) is 16.2 Å². The van der Waals surface area contributed by atoms with Gasteiger partial charge in [0.25, 0.3) is 0 Å². The molecule has 1 saturated heterocycles. The molecule has 2 amide bonds. The van der Waals surface area contributed by atoms with Gasteiger partial charge in [-0.25, -0.2) is 4.79 Å². The fourth-order valence-electron chi connectivity index (χ4n) is 3.30. The summed E-state index contributed by atoms with van der Waals surface area (Å²) >= 11 is 6.30. The van der Waals surface area contributed by atoms with Crippen LogP contribution in [0.5, 0.6) is 5.75 Å². The van der Waals surface area contributed by atoms with Crippen molar-refractivity contribution < 1.29 is 9.53 Å². The number of anilines is 2. The first-order chi connectivity index (χ1) is 12.5. The van der Waals surface area contributed by atoms with Crippen LogP contribution in [0.2, 0.25) is 5.02 Å². The second kappa shape index (κ2) is 7.87. The number of piperazine rings is 1. The number of benzene rings is 2. The Morgan fingerprint density at radius 2 is 1.81 bits per heavy atom. The van der Waals surface area contributed by atoms with Crippen molar-refractivity contribution in [3.63, 3.8) is 0 Å². The van der Waals surface area contributed by atoms with Crippen LogP contribution in [0.1, 0.15) is 11.1 Å². The molecule has 0 saturated carbocycles. The van der Waals surface area contributed by atoms with Gasteiger partial charge in [0.2, 0.25) is 0 Å². The van der Waals surface area contributed by atoms with E-state index in [1.54, 1.807) is 7.11 Å². The molecule has 138 valence electrons. The number of nitrogens with zero attached hydrogens (tertiary/aromatic N) is 2. The molecule has 3 rings (SSSR count). The number of halogens is 1. The first-order valence-corrected chi connectivity index (χ1v) is 9.08. The molecule has 0 spiro atoms. The van der Waals surface area contributed by atoms with Gasteiger partial charge in [-0.1, -0.05) is 29.8 Å². The molecule has 2 aromatic rings. The van der Waals surface area contributed by atoms with Gasteiger partial charge in [-0.15, -0.1) is 0 Å². The lowest BCUT2D eigenvalue weighted by molar-refractivity contribution is 0.208. The van der Waals surface area contributed by atoms with Crippen LogP contribution in [0.25, 0.3) is 0 Å². The number of para-hydroxylation sites is 2. The molecule has 2 aromatic carbocycles. The van der Waals surface area contributed by atoms with E-state index < -0.39 is 0 Å². The van der Waals surface area contributed by atoms with E-state index in [1.165, 1.54) is 0 Å². The average Bonchev–Trinajstić information content (AvgIpc) is 2.64. The Morgan fingerprint density at radius 3 is 2.46 bits per heavy atom. The van der Waals surface area contributed by atoms with E-state index in [4.69, 9.17) is 16.3 Å². The third-order valence-electron chi connectivity index (χ3n) is 4.66. The van der Waals surface area contributed by atoms with Gasteiger partial charge >= 0.3 is 6.03 Å². The summed E-state index contributed by atoms with van der Waals surface area (Å²) in [5.41, 5.74) is 3.80.